The molecule has 0 bridgehead atoms. The maximum absolute atomic E-state index is 12.6. The molecule has 140 valence electrons. The van der Waals surface area contributed by atoms with Crippen molar-refractivity contribution in [3.63, 3.8) is 0 Å². The van der Waals surface area contributed by atoms with Crippen molar-refractivity contribution >= 4 is 34.1 Å². The van der Waals surface area contributed by atoms with Gasteiger partial charge >= 0.3 is 0 Å². The number of benzene rings is 1. The number of carbonyl (C=O) groups excluding carboxylic acids is 2. The van der Waals surface area contributed by atoms with Crippen LogP contribution in [-0.4, -0.2) is 37.9 Å². The zero-order valence-corrected chi connectivity index (χ0v) is 16.3. The van der Waals surface area contributed by atoms with Crippen LogP contribution < -0.4 is 5.32 Å². The Hall–Kier alpha value is -2.74. The van der Waals surface area contributed by atoms with Gasteiger partial charge in [0.15, 0.2) is 0 Å². The van der Waals surface area contributed by atoms with Crippen molar-refractivity contribution in [2.45, 2.75) is 33.2 Å². The maximum Gasteiger partial charge on any atom is 0.250 e. The van der Waals surface area contributed by atoms with E-state index in [0.29, 0.717) is 6.54 Å². The van der Waals surface area contributed by atoms with E-state index in [2.05, 4.69) is 15.4 Å². The normalized spacial score (nSPS) is 18.3. The van der Waals surface area contributed by atoms with Crippen LogP contribution in [0.4, 0.5) is 5.95 Å². The molecular formula is C19H21N5O2S. The monoisotopic (exact) mass is 383 g/mol. The highest BCUT2D eigenvalue weighted by molar-refractivity contribution is 7.17. The fraction of sp³-hybridized carbons (Fsp3) is 0.368. The molecule has 0 radical (unpaired) electrons. The SMILES string of the molecule is Cc1sc2nc(NC(=O)C3CC(=O)N(C(C)c4ccccc4)C3)nn2c1C. The van der Waals surface area contributed by atoms with Gasteiger partial charge in [0.05, 0.1) is 17.7 Å². The smallest absolute Gasteiger partial charge is 0.250 e. The third kappa shape index (κ3) is 3.21. The number of hydrogen-bond donors (Lipinski definition) is 1. The van der Waals surface area contributed by atoms with Gasteiger partial charge in [-0.25, -0.2) is 4.52 Å². The van der Waals surface area contributed by atoms with Crippen molar-refractivity contribution < 1.29 is 9.59 Å². The van der Waals surface area contributed by atoms with E-state index in [4.69, 9.17) is 0 Å². The molecule has 1 aliphatic heterocycles. The van der Waals surface area contributed by atoms with Crippen molar-refractivity contribution in [2.24, 2.45) is 5.92 Å². The predicted molar refractivity (Wildman–Crippen MR) is 104 cm³/mol. The van der Waals surface area contributed by atoms with E-state index in [1.54, 1.807) is 9.42 Å². The number of hydrogen-bond acceptors (Lipinski definition) is 5. The van der Waals surface area contributed by atoms with E-state index >= 15 is 0 Å². The van der Waals surface area contributed by atoms with E-state index in [1.807, 2.05) is 51.1 Å². The Morgan fingerprint density at radius 1 is 1.30 bits per heavy atom. The molecule has 2 atom stereocenters. The van der Waals surface area contributed by atoms with Gasteiger partial charge in [-0.1, -0.05) is 41.7 Å². The summed E-state index contributed by atoms with van der Waals surface area (Å²) in [6.45, 7) is 6.38. The number of thiazole rings is 1. The second-order valence-corrected chi connectivity index (χ2v) is 8.08. The number of fused-ring (bicyclic) bond motifs is 1. The topological polar surface area (TPSA) is 79.6 Å². The van der Waals surface area contributed by atoms with Crippen LogP contribution in [0, 0.1) is 19.8 Å². The minimum atomic E-state index is -0.395. The van der Waals surface area contributed by atoms with Gasteiger partial charge in [-0.2, -0.15) is 4.98 Å². The molecule has 1 saturated heterocycles. The number of nitrogens with zero attached hydrogens (tertiary/aromatic N) is 4. The Kier molecular flexibility index (Phi) is 4.43. The van der Waals surface area contributed by atoms with Gasteiger partial charge in [-0.05, 0) is 26.3 Å². The molecule has 7 nitrogen and oxygen atoms in total. The van der Waals surface area contributed by atoms with Crippen LogP contribution in [0.3, 0.4) is 0 Å². The molecule has 4 rings (SSSR count). The van der Waals surface area contributed by atoms with Crippen LogP contribution in [0.15, 0.2) is 30.3 Å². The van der Waals surface area contributed by atoms with Crippen LogP contribution in [0.25, 0.3) is 4.96 Å². The van der Waals surface area contributed by atoms with Gasteiger partial charge in [0, 0.05) is 17.8 Å². The minimum Gasteiger partial charge on any atom is -0.335 e. The number of amides is 2. The molecule has 8 heteroatoms. The molecule has 0 saturated carbocycles. The third-order valence-corrected chi connectivity index (χ3v) is 6.21. The largest absolute Gasteiger partial charge is 0.335 e. The van der Waals surface area contributed by atoms with Crippen LogP contribution in [0.2, 0.25) is 0 Å². The van der Waals surface area contributed by atoms with Crippen molar-refractivity contribution in [2.75, 3.05) is 11.9 Å². The summed E-state index contributed by atoms with van der Waals surface area (Å²) in [4.78, 5) is 33.1. The first-order chi connectivity index (χ1) is 12.9. The second kappa shape index (κ2) is 6.77. The first-order valence-electron chi connectivity index (χ1n) is 8.92. The van der Waals surface area contributed by atoms with Crippen molar-refractivity contribution in [1.29, 1.82) is 0 Å². The van der Waals surface area contributed by atoms with Crippen LogP contribution in [0.1, 0.15) is 35.5 Å². The van der Waals surface area contributed by atoms with Crippen LogP contribution in [-0.2, 0) is 9.59 Å². The Labute approximate surface area is 161 Å². The highest BCUT2D eigenvalue weighted by atomic mass is 32.1. The first-order valence-corrected chi connectivity index (χ1v) is 9.73. The first kappa shape index (κ1) is 17.7. The standard InChI is InChI=1S/C19H21N5O2S/c1-11-13(3)27-19-21-18(22-24(11)19)20-17(26)15-9-16(25)23(10-15)12(2)14-7-5-4-6-8-14/h4-8,12,15H,9-10H2,1-3H3,(H,20,22,26). The fourth-order valence-corrected chi connectivity index (χ4v) is 4.30. The lowest BCUT2D eigenvalue weighted by Crippen LogP contribution is -2.30. The summed E-state index contributed by atoms with van der Waals surface area (Å²) in [6.07, 6.45) is 0.212. The Morgan fingerprint density at radius 3 is 2.74 bits per heavy atom. The number of rotatable bonds is 4. The molecule has 27 heavy (non-hydrogen) atoms. The van der Waals surface area contributed by atoms with E-state index in [1.165, 1.54) is 11.3 Å². The van der Waals surface area contributed by atoms with E-state index < -0.39 is 5.92 Å². The number of nitrogens with one attached hydrogen (secondary N) is 1. The van der Waals surface area contributed by atoms with Crippen molar-refractivity contribution in [1.82, 2.24) is 19.5 Å². The quantitative estimate of drug-likeness (QED) is 0.751. The molecule has 1 N–H and O–H groups in total. The molecule has 3 aromatic rings. The summed E-state index contributed by atoms with van der Waals surface area (Å²) >= 11 is 1.54. The summed E-state index contributed by atoms with van der Waals surface area (Å²) < 4.78 is 1.74. The second-order valence-electron chi connectivity index (χ2n) is 6.90. The fourth-order valence-electron chi connectivity index (χ4n) is 3.40. The number of aryl methyl sites for hydroxylation is 2. The molecule has 2 amide bonds. The van der Waals surface area contributed by atoms with Crippen molar-refractivity contribution in [3.8, 4) is 0 Å². The third-order valence-electron chi connectivity index (χ3n) is 5.16. The van der Waals surface area contributed by atoms with E-state index in [-0.39, 0.29) is 30.2 Å². The molecule has 1 fully saturated rings. The number of anilines is 1. The number of likely N-dealkylation sites (tertiary alicyclic amines) is 1. The zero-order chi connectivity index (χ0) is 19.1. The number of aromatic nitrogens is 3. The highest BCUT2D eigenvalue weighted by Crippen LogP contribution is 2.29. The summed E-state index contributed by atoms with van der Waals surface area (Å²) in [5.41, 5.74) is 2.08. The summed E-state index contributed by atoms with van der Waals surface area (Å²) in [7, 11) is 0. The molecule has 2 aromatic heterocycles. The van der Waals surface area contributed by atoms with Gasteiger partial charge in [-0.3, -0.25) is 14.9 Å². The van der Waals surface area contributed by atoms with Gasteiger partial charge in [0.1, 0.15) is 0 Å². The lowest BCUT2D eigenvalue weighted by molar-refractivity contribution is -0.129. The molecule has 0 aliphatic carbocycles. The van der Waals surface area contributed by atoms with Gasteiger partial charge in [-0.15, -0.1) is 5.10 Å². The van der Waals surface area contributed by atoms with E-state index in [9.17, 15) is 9.59 Å². The molecular weight excluding hydrogens is 362 g/mol. The predicted octanol–water partition coefficient (Wildman–Crippen LogP) is 2.96. The lowest BCUT2D eigenvalue weighted by Gasteiger charge is -2.25. The Balaban J connectivity index is 1.45. The molecule has 2 unspecified atom stereocenters. The summed E-state index contributed by atoms with van der Waals surface area (Å²) in [5.74, 6) is -0.320. The highest BCUT2D eigenvalue weighted by Gasteiger charge is 2.37. The van der Waals surface area contributed by atoms with E-state index in [0.717, 1.165) is 21.1 Å². The van der Waals surface area contributed by atoms with Gasteiger partial charge < -0.3 is 4.90 Å². The molecule has 0 spiro atoms. The molecule has 3 heterocycles. The summed E-state index contributed by atoms with van der Waals surface area (Å²) in [6, 6.07) is 9.80. The van der Waals surface area contributed by atoms with Crippen molar-refractivity contribution in [3.05, 3.63) is 46.5 Å². The molecule has 1 aliphatic rings. The zero-order valence-electron chi connectivity index (χ0n) is 15.5. The minimum absolute atomic E-state index is 0.00300. The molecule has 1 aromatic carbocycles. The average molecular weight is 383 g/mol. The average Bonchev–Trinajstić information content (AvgIpc) is 3.31. The number of carbonyl (C=O) groups is 2. The Bertz CT molecular complexity index is 1010. The lowest BCUT2D eigenvalue weighted by atomic mass is 10.1. The maximum atomic E-state index is 12.6. The Morgan fingerprint density at radius 2 is 2.04 bits per heavy atom. The van der Waals surface area contributed by atoms with Crippen LogP contribution in [0.5, 0.6) is 0 Å². The van der Waals surface area contributed by atoms with Crippen LogP contribution >= 0.6 is 11.3 Å². The van der Waals surface area contributed by atoms with Gasteiger partial charge in [0.25, 0.3) is 0 Å². The summed E-state index contributed by atoms with van der Waals surface area (Å²) in [5, 5.41) is 7.12. The van der Waals surface area contributed by atoms with Gasteiger partial charge in [0.2, 0.25) is 22.7 Å².